The molecule has 1 aliphatic carbocycles. The Morgan fingerprint density at radius 1 is 1.11 bits per heavy atom. The third-order valence-corrected chi connectivity index (χ3v) is 8.13. The number of nitrogens with one attached hydrogen (secondary N) is 2. The summed E-state index contributed by atoms with van der Waals surface area (Å²) in [6, 6.07) is 12.7. The van der Waals surface area contributed by atoms with Crippen LogP contribution in [0.15, 0.2) is 48.5 Å². The maximum absolute atomic E-state index is 14.1. The van der Waals surface area contributed by atoms with E-state index in [2.05, 4.69) is 29.4 Å². The van der Waals surface area contributed by atoms with Crippen LogP contribution >= 0.6 is 0 Å². The van der Waals surface area contributed by atoms with Crippen molar-refractivity contribution in [3.63, 3.8) is 0 Å². The van der Waals surface area contributed by atoms with E-state index >= 15 is 0 Å². The van der Waals surface area contributed by atoms with Gasteiger partial charge >= 0.3 is 5.97 Å². The maximum atomic E-state index is 14.1. The number of nitrogens with zero attached hydrogens (tertiary/aromatic N) is 1. The Labute approximate surface area is 223 Å². The number of carboxylic acids is 1. The topological polar surface area (TPSA) is 98.7 Å². The van der Waals surface area contributed by atoms with Crippen molar-refractivity contribution < 1.29 is 23.9 Å². The zero-order valence-electron chi connectivity index (χ0n) is 22.2. The monoisotopic (exact) mass is 523 g/mol. The maximum Gasteiger partial charge on any atom is 0.305 e. The molecule has 2 fully saturated rings. The minimum atomic E-state index is -0.965. The van der Waals surface area contributed by atoms with Gasteiger partial charge in [0.25, 0.3) is 5.91 Å². The standard InChI is InChI=1S/C30H38FN3O4/c1-3-5-25(21-6-8-23(9-7-21)28(37)32-19-16-26(35)36)34-29(38)27(22-10-12-24(31)13-11-22)33-30(34)17-14-20(4-2)15-18-30/h6-13,20,25,27,33H,3-5,14-19H2,1-2H3,(H,32,37)(H,35,36). The smallest absolute Gasteiger partial charge is 0.305 e. The fourth-order valence-corrected chi connectivity index (χ4v) is 5.99. The largest absolute Gasteiger partial charge is 0.481 e. The quantitative estimate of drug-likeness (QED) is 0.390. The van der Waals surface area contributed by atoms with Crippen molar-refractivity contribution in [3.05, 3.63) is 71.0 Å². The fraction of sp³-hybridized carbons (Fsp3) is 0.500. The SMILES string of the molecule is CCCC(c1ccc(C(=O)NCCC(=O)O)cc1)N1C(=O)C(c2ccc(F)cc2)NC12CCC(CC)CC2. The number of carbonyl (C=O) groups excluding carboxylic acids is 2. The number of halogens is 1. The zero-order valence-corrected chi connectivity index (χ0v) is 22.2. The highest BCUT2D eigenvalue weighted by Gasteiger charge is 2.54. The van der Waals surface area contributed by atoms with Crippen LogP contribution in [0.5, 0.6) is 0 Å². The lowest BCUT2D eigenvalue weighted by Gasteiger charge is -2.47. The van der Waals surface area contributed by atoms with Gasteiger partial charge in [-0.1, -0.05) is 51.0 Å². The normalized spacial score (nSPS) is 24.0. The minimum absolute atomic E-state index is 0.000460. The molecule has 1 heterocycles. The number of hydrogen-bond acceptors (Lipinski definition) is 4. The fourth-order valence-electron chi connectivity index (χ4n) is 5.99. The molecule has 2 atom stereocenters. The van der Waals surface area contributed by atoms with Gasteiger partial charge in [-0.05, 0) is 73.4 Å². The zero-order chi connectivity index (χ0) is 27.3. The molecule has 2 unspecified atom stereocenters. The van der Waals surface area contributed by atoms with Gasteiger partial charge in [0, 0.05) is 12.1 Å². The molecule has 1 spiro atoms. The van der Waals surface area contributed by atoms with Crippen molar-refractivity contribution >= 4 is 17.8 Å². The van der Waals surface area contributed by atoms with Crippen LogP contribution < -0.4 is 10.6 Å². The van der Waals surface area contributed by atoms with E-state index in [9.17, 15) is 18.8 Å². The van der Waals surface area contributed by atoms with Gasteiger partial charge in [0.2, 0.25) is 5.91 Å². The first-order valence-corrected chi connectivity index (χ1v) is 13.7. The Morgan fingerprint density at radius 2 is 1.76 bits per heavy atom. The summed E-state index contributed by atoms with van der Waals surface area (Å²) in [4.78, 5) is 39.4. The molecular formula is C30H38FN3O4. The first kappa shape index (κ1) is 27.8. The van der Waals surface area contributed by atoms with Crippen LogP contribution in [0.2, 0.25) is 0 Å². The van der Waals surface area contributed by atoms with Crippen LogP contribution in [0.3, 0.4) is 0 Å². The van der Waals surface area contributed by atoms with E-state index in [1.165, 1.54) is 12.1 Å². The summed E-state index contributed by atoms with van der Waals surface area (Å²) in [7, 11) is 0. The number of aliphatic carboxylic acids is 1. The van der Waals surface area contributed by atoms with E-state index < -0.39 is 17.7 Å². The Balaban J connectivity index is 1.63. The number of rotatable bonds is 10. The second-order valence-electron chi connectivity index (χ2n) is 10.5. The van der Waals surface area contributed by atoms with Crippen molar-refractivity contribution in [3.8, 4) is 0 Å². The highest BCUT2D eigenvalue weighted by Crippen LogP contribution is 2.47. The third kappa shape index (κ3) is 5.90. The summed E-state index contributed by atoms with van der Waals surface area (Å²) < 4.78 is 13.7. The molecule has 38 heavy (non-hydrogen) atoms. The van der Waals surface area contributed by atoms with E-state index in [0.717, 1.165) is 56.1 Å². The third-order valence-electron chi connectivity index (χ3n) is 8.13. The predicted octanol–water partition coefficient (Wildman–Crippen LogP) is 5.34. The highest BCUT2D eigenvalue weighted by atomic mass is 19.1. The van der Waals surface area contributed by atoms with Crippen LogP contribution in [0.4, 0.5) is 4.39 Å². The van der Waals surface area contributed by atoms with Gasteiger partial charge in [-0.3, -0.25) is 19.7 Å². The molecule has 8 heteroatoms. The first-order chi connectivity index (χ1) is 18.3. The van der Waals surface area contributed by atoms with Crippen LogP contribution in [0, 0.1) is 11.7 Å². The Morgan fingerprint density at radius 3 is 2.34 bits per heavy atom. The van der Waals surface area contributed by atoms with E-state index in [0.29, 0.717) is 11.5 Å². The van der Waals surface area contributed by atoms with Crippen LogP contribution in [-0.2, 0) is 9.59 Å². The Kier molecular flexibility index (Phi) is 8.82. The van der Waals surface area contributed by atoms with Crippen molar-refractivity contribution in [2.45, 2.75) is 83.0 Å². The van der Waals surface area contributed by atoms with Crippen LogP contribution in [0.1, 0.15) is 98.8 Å². The number of hydrogen-bond donors (Lipinski definition) is 3. The molecule has 2 aliphatic rings. The van der Waals surface area contributed by atoms with Crippen molar-refractivity contribution in [1.29, 1.82) is 0 Å². The summed E-state index contributed by atoms with van der Waals surface area (Å²) in [5, 5.41) is 15.1. The number of carboxylic acid groups (broad SMARTS) is 1. The van der Waals surface area contributed by atoms with E-state index in [4.69, 9.17) is 5.11 Å². The summed E-state index contributed by atoms with van der Waals surface area (Å²) >= 11 is 0. The van der Waals surface area contributed by atoms with Gasteiger partial charge in [0.1, 0.15) is 11.9 Å². The van der Waals surface area contributed by atoms with Gasteiger partial charge in [0.15, 0.2) is 0 Å². The van der Waals surface area contributed by atoms with E-state index in [-0.39, 0.29) is 36.6 Å². The molecule has 2 aromatic rings. The highest BCUT2D eigenvalue weighted by molar-refractivity contribution is 5.94. The van der Waals surface area contributed by atoms with E-state index in [1.54, 1.807) is 24.3 Å². The summed E-state index contributed by atoms with van der Waals surface area (Å²) in [6.45, 7) is 4.38. The second kappa shape index (κ2) is 12.1. The minimum Gasteiger partial charge on any atom is -0.481 e. The Hall–Kier alpha value is -3.26. The van der Waals surface area contributed by atoms with Crippen LogP contribution in [0.25, 0.3) is 0 Å². The molecule has 4 rings (SSSR count). The number of carbonyl (C=O) groups is 3. The Bertz CT molecular complexity index is 1130. The first-order valence-electron chi connectivity index (χ1n) is 13.7. The average molecular weight is 524 g/mol. The molecule has 2 aromatic carbocycles. The molecule has 7 nitrogen and oxygen atoms in total. The van der Waals surface area contributed by atoms with Crippen molar-refractivity contribution in [1.82, 2.24) is 15.5 Å². The summed E-state index contributed by atoms with van der Waals surface area (Å²) in [6.07, 6.45) is 6.43. The van der Waals surface area contributed by atoms with Gasteiger partial charge < -0.3 is 15.3 Å². The molecule has 1 saturated carbocycles. The molecule has 0 aromatic heterocycles. The van der Waals surface area contributed by atoms with E-state index in [1.807, 2.05) is 12.1 Å². The molecule has 0 bridgehead atoms. The van der Waals surface area contributed by atoms with Crippen molar-refractivity contribution in [2.24, 2.45) is 5.92 Å². The summed E-state index contributed by atoms with van der Waals surface area (Å²) in [5.41, 5.74) is 1.69. The molecule has 1 aliphatic heterocycles. The molecular weight excluding hydrogens is 485 g/mol. The molecule has 0 radical (unpaired) electrons. The van der Waals surface area contributed by atoms with Crippen LogP contribution in [-0.4, -0.2) is 40.0 Å². The lowest BCUT2D eigenvalue weighted by Crippen LogP contribution is -2.55. The molecule has 204 valence electrons. The summed E-state index contributed by atoms with van der Waals surface area (Å²) in [5.74, 6) is -0.972. The van der Waals surface area contributed by atoms with Gasteiger partial charge in [-0.25, -0.2) is 4.39 Å². The van der Waals surface area contributed by atoms with Gasteiger partial charge in [-0.2, -0.15) is 0 Å². The predicted molar refractivity (Wildman–Crippen MR) is 143 cm³/mol. The second-order valence-corrected chi connectivity index (χ2v) is 10.5. The van der Waals surface area contributed by atoms with Crippen molar-refractivity contribution in [2.75, 3.05) is 6.54 Å². The van der Waals surface area contributed by atoms with Gasteiger partial charge in [-0.15, -0.1) is 0 Å². The van der Waals surface area contributed by atoms with Gasteiger partial charge in [0.05, 0.1) is 18.1 Å². The average Bonchev–Trinajstić information content (AvgIpc) is 3.19. The number of amides is 2. The lowest BCUT2D eigenvalue weighted by molar-refractivity contribution is -0.138. The molecule has 2 amide bonds. The molecule has 1 saturated heterocycles. The lowest BCUT2D eigenvalue weighted by atomic mass is 9.79. The number of benzene rings is 2. The molecule has 3 N–H and O–H groups in total.